The largest absolute Gasteiger partial charge is 0.485 e. The van der Waals surface area contributed by atoms with Gasteiger partial charge in [-0.05, 0) is 19.1 Å². The van der Waals surface area contributed by atoms with Crippen LogP contribution in [0.3, 0.4) is 0 Å². The molecule has 0 aliphatic heterocycles. The molecule has 0 fully saturated rings. The minimum absolute atomic E-state index is 0.0832. The Bertz CT molecular complexity index is 625. The molecule has 0 amide bonds. The first-order valence-electron chi connectivity index (χ1n) is 5.49. The molecule has 1 aromatic carbocycles. The van der Waals surface area contributed by atoms with Crippen molar-refractivity contribution in [1.29, 1.82) is 0 Å². The fraction of sp³-hybridized carbons (Fsp3) is 0.250. The molecule has 6 nitrogen and oxygen atoms in total. The fourth-order valence-electron chi connectivity index (χ4n) is 1.49. The van der Waals surface area contributed by atoms with Crippen molar-refractivity contribution >= 4 is 5.97 Å². The summed E-state index contributed by atoms with van der Waals surface area (Å²) in [5.74, 6) is -0.441. The van der Waals surface area contributed by atoms with Crippen LogP contribution in [0.1, 0.15) is 22.0 Å². The average Bonchev–Trinajstić information content (AvgIpc) is 2.67. The predicted octanol–water partition coefficient (Wildman–Crippen LogP) is 1.54. The van der Waals surface area contributed by atoms with Gasteiger partial charge in [-0.3, -0.25) is 0 Å². The first-order chi connectivity index (χ1) is 8.97. The van der Waals surface area contributed by atoms with Gasteiger partial charge in [0.1, 0.15) is 24.0 Å². The minimum atomic E-state index is -1.21. The molecule has 1 aromatic heterocycles. The monoisotopic (exact) mass is 265 g/mol. The van der Waals surface area contributed by atoms with Gasteiger partial charge in [-0.1, -0.05) is 0 Å². The van der Waals surface area contributed by atoms with Gasteiger partial charge in [0.05, 0.1) is 5.56 Å². The molecule has 2 rings (SSSR count). The summed E-state index contributed by atoms with van der Waals surface area (Å²) >= 11 is 0. The Hall–Kier alpha value is -2.44. The summed E-state index contributed by atoms with van der Waals surface area (Å²) < 4.78 is 20.3. The van der Waals surface area contributed by atoms with E-state index < -0.39 is 11.8 Å². The molecule has 0 saturated carbocycles. The highest BCUT2D eigenvalue weighted by atomic mass is 19.1. The molecule has 19 heavy (non-hydrogen) atoms. The standard InChI is InChI=1S/C12H12FN3O3/c1-7-14-15-11(16(7)2)6-19-10-4-8(12(17)18)3-9(13)5-10/h3-5H,6H2,1-2H3,(H,17,18). The Kier molecular flexibility index (Phi) is 3.46. The van der Waals surface area contributed by atoms with Crippen molar-refractivity contribution in [1.82, 2.24) is 14.8 Å². The van der Waals surface area contributed by atoms with Crippen molar-refractivity contribution in [3.8, 4) is 5.75 Å². The van der Waals surface area contributed by atoms with Gasteiger partial charge in [0.15, 0.2) is 5.82 Å². The first-order valence-corrected chi connectivity index (χ1v) is 5.49. The molecule has 100 valence electrons. The molecule has 0 aliphatic carbocycles. The lowest BCUT2D eigenvalue weighted by Gasteiger charge is -2.07. The lowest BCUT2D eigenvalue weighted by molar-refractivity contribution is 0.0695. The zero-order chi connectivity index (χ0) is 14.0. The van der Waals surface area contributed by atoms with Gasteiger partial charge in [0.25, 0.3) is 0 Å². The van der Waals surface area contributed by atoms with Crippen molar-refractivity contribution in [3.63, 3.8) is 0 Å². The molecule has 0 atom stereocenters. The van der Waals surface area contributed by atoms with Crippen molar-refractivity contribution < 1.29 is 19.0 Å². The number of aromatic carboxylic acids is 1. The van der Waals surface area contributed by atoms with E-state index in [9.17, 15) is 9.18 Å². The summed E-state index contributed by atoms with van der Waals surface area (Å²) in [6.45, 7) is 1.88. The van der Waals surface area contributed by atoms with E-state index in [0.717, 1.165) is 18.0 Å². The summed E-state index contributed by atoms with van der Waals surface area (Å²) in [7, 11) is 1.78. The number of ether oxygens (including phenoxy) is 1. The highest BCUT2D eigenvalue weighted by Crippen LogP contribution is 2.17. The molecular formula is C12H12FN3O3. The Morgan fingerprint density at radius 1 is 1.42 bits per heavy atom. The van der Waals surface area contributed by atoms with Gasteiger partial charge in [-0.2, -0.15) is 0 Å². The number of carboxylic acid groups (broad SMARTS) is 1. The molecule has 0 unspecified atom stereocenters. The normalized spacial score (nSPS) is 10.5. The molecule has 0 bridgehead atoms. The fourth-order valence-corrected chi connectivity index (χ4v) is 1.49. The molecule has 0 spiro atoms. The van der Waals surface area contributed by atoms with Crippen molar-refractivity contribution in [3.05, 3.63) is 41.2 Å². The Morgan fingerprint density at radius 3 is 2.74 bits per heavy atom. The van der Waals surface area contributed by atoms with Crippen LogP contribution in [-0.2, 0) is 13.7 Å². The van der Waals surface area contributed by atoms with Crippen LogP contribution in [0, 0.1) is 12.7 Å². The molecular weight excluding hydrogens is 253 g/mol. The summed E-state index contributed by atoms with van der Waals surface area (Å²) in [5, 5.41) is 16.6. The molecule has 7 heteroatoms. The number of halogens is 1. The third-order valence-electron chi connectivity index (χ3n) is 2.67. The van der Waals surface area contributed by atoms with Crippen molar-refractivity contribution in [2.24, 2.45) is 7.05 Å². The number of benzene rings is 1. The van der Waals surface area contributed by atoms with E-state index in [1.807, 2.05) is 0 Å². The number of rotatable bonds is 4. The van der Waals surface area contributed by atoms with E-state index in [4.69, 9.17) is 9.84 Å². The second kappa shape index (κ2) is 5.05. The molecule has 0 radical (unpaired) electrons. The van der Waals surface area contributed by atoms with Crippen LogP contribution in [0.15, 0.2) is 18.2 Å². The van der Waals surface area contributed by atoms with Gasteiger partial charge in [0.2, 0.25) is 0 Å². The molecule has 1 N–H and O–H groups in total. The molecule has 2 aromatic rings. The average molecular weight is 265 g/mol. The number of carboxylic acids is 1. The zero-order valence-corrected chi connectivity index (χ0v) is 10.4. The number of aryl methyl sites for hydroxylation is 1. The number of hydrogen-bond acceptors (Lipinski definition) is 4. The maximum Gasteiger partial charge on any atom is 0.335 e. The first kappa shape index (κ1) is 13.0. The van der Waals surface area contributed by atoms with Crippen LogP contribution in [0.25, 0.3) is 0 Å². The van der Waals surface area contributed by atoms with E-state index in [0.29, 0.717) is 5.82 Å². The van der Waals surface area contributed by atoms with E-state index in [1.54, 1.807) is 18.5 Å². The van der Waals surface area contributed by atoms with Gasteiger partial charge < -0.3 is 14.4 Å². The highest BCUT2D eigenvalue weighted by Gasteiger charge is 2.10. The minimum Gasteiger partial charge on any atom is -0.485 e. The van der Waals surface area contributed by atoms with Crippen LogP contribution >= 0.6 is 0 Å². The lowest BCUT2D eigenvalue weighted by Crippen LogP contribution is -2.05. The maximum absolute atomic E-state index is 13.2. The van der Waals surface area contributed by atoms with Gasteiger partial charge in [0, 0.05) is 13.1 Å². The Morgan fingerprint density at radius 2 is 2.16 bits per heavy atom. The Balaban J connectivity index is 2.15. The van der Waals surface area contributed by atoms with Crippen LogP contribution in [0.2, 0.25) is 0 Å². The number of hydrogen-bond donors (Lipinski definition) is 1. The van der Waals surface area contributed by atoms with Gasteiger partial charge >= 0.3 is 5.97 Å². The van der Waals surface area contributed by atoms with Crippen LogP contribution < -0.4 is 4.74 Å². The van der Waals surface area contributed by atoms with Gasteiger partial charge in [-0.25, -0.2) is 9.18 Å². The number of carbonyl (C=O) groups is 1. The highest BCUT2D eigenvalue weighted by molar-refractivity contribution is 5.88. The van der Waals surface area contributed by atoms with Crippen molar-refractivity contribution in [2.75, 3.05) is 0 Å². The summed E-state index contributed by atoms with van der Waals surface area (Å²) in [4.78, 5) is 10.8. The molecule has 1 heterocycles. The van der Waals surface area contributed by atoms with Crippen LogP contribution in [0.5, 0.6) is 5.75 Å². The summed E-state index contributed by atoms with van der Waals surface area (Å²) in [6, 6.07) is 3.31. The molecule has 0 aliphatic rings. The molecule has 0 saturated heterocycles. The smallest absolute Gasteiger partial charge is 0.335 e. The van der Waals surface area contributed by atoms with E-state index in [2.05, 4.69) is 10.2 Å². The Labute approximate surface area is 108 Å². The van der Waals surface area contributed by atoms with E-state index in [-0.39, 0.29) is 17.9 Å². The van der Waals surface area contributed by atoms with Crippen molar-refractivity contribution in [2.45, 2.75) is 13.5 Å². The zero-order valence-electron chi connectivity index (χ0n) is 10.4. The second-order valence-corrected chi connectivity index (χ2v) is 3.99. The number of nitrogens with zero attached hydrogens (tertiary/aromatic N) is 3. The quantitative estimate of drug-likeness (QED) is 0.907. The third-order valence-corrected chi connectivity index (χ3v) is 2.67. The SMILES string of the molecule is Cc1nnc(COc2cc(F)cc(C(=O)O)c2)n1C. The lowest BCUT2D eigenvalue weighted by atomic mass is 10.2. The van der Waals surface area contributed by atoms with Gasteiger partial charge in [-0.15, -0.1) is 10.2 Å². The topological polar surface area (TPSA) is 77.2 Å². The number of aromatic nitrogens is 3. The van der Waals surface area contributed by atoms with E-state index >= 15 is 0 Å². The summed E-state index contributed by atoms with van der Waals surface area (Å²) in [5.41, 5.74) is -0.163. The van der Waals surface area contributed by atoms with E-state index in [1.165, 1.54) is 6.07 Å². The maximum atomic E-state index is 13.2. The third kappa shape index (κ3) is 2.87. The predicted molar refractivity (Wildman–Crippen MR) is 63.4 cm³/mol. The van der Waals surface area contributed by atoms with Crippen LogP contribution in [0.4, 0.5) is 4.39 Å². The summed E-state index contributed by atoms with van der Waals surface area (Å²) in [6.07, 6.45) is 0. The second-order valence-electron chi connectivity index (χ2n) is 3.99. The van der Waals surface area contributed by atoms with Crippen LogP contribution in [-0.4, -0.2) is 25.8 Å².